The topological polar surface area (TPSA) is 49.0 Å². The van der Waals surface area contributed by atoms with Crippen molar-refractivity contribution < 1.29 is 18.4 Å². The van der Waals surface area contributed by atoms with E-state index in [1.807, 2.05) is 6.26 Å². The Balaban J connectivity index is 2.86. The highest BCUT2D eigenvalue weighted by molar-refractivity contribution is 7.93. The molecule has 5 nitrogen and oxygen atoms in total. The third kappa shape index (κ3) is 16.1. The monoisotopic (exact) mass is 281 g/mol. The van der Waals surface area contributed by atoms with Crippen LogP contribution in [0, 0.1) is 0 Å². The standard InChI is InChI=1S/C12H27NO4S/c1-3-4-13-5-6-14-7-8-15-9-10-16-11-12-17-18-2/h13H,3-12H2,1-2H3. The summed E-state index contributed by atoms with van der Waals surface area (Å²) in [7, 11) is 0. The van der Waals surface area contributed by atoms with Crippen LogP contribution in [0.15, 0.2) is 0 Å². The zero-order valence-corrected chi connectivity index (χ0v) is 12.4. The Morgan fingerprint density at radius 1 is 0.778 bits per heavy atom. The van der Waals surface area contributed by atoms with Crippen molar-refractivity contribution in [2.45, 2.75) is 13.3 Å². The summed E-state index contributed by atoms with van der Waals surface area (Å²) in [6, 6.07) is 0. The molecule has 0 fully saturated rings. The van der Waals surface area contributed by atoms with Gasteiger partial charge in [-0.1, -0.05) is 6.92 Å². The lowest BCUT2D eigenvalue weighted by Gasteiger charge is -2.07. The second-order valence-corrected chi connectivity index (χ2v) is 4.14. The molecule has 0 bridgehead atoms. The summed E-state index contributed by atoms with van der Waals surface area (Å²) in [6.07, 6.45) is 3.05. The minimum absolute atomic E-state index is 0.607. The van der Waals surface area contributed by atoms with Crippen molar-refractivity contribution in [1.82, 2.24) is 5.32 Å². The Morgan fingerprint density at radius 3 is 1.89 bits per heavy atom. The van der Waals surface area contributed by atoms with Gasteiger partial charge in [-0.25, -0.2) is 0 Å². The Bertz CT molecular complexity index is 136. The summed E-state index contributed by atoms with van der Waals surface area (Å²) in [5, 5.41) is 3.27. The van der Waals surface area contributed by atoms with Gasteiger partial charge in [0.25, 0.3) is 0 Å². The molecule has 0 atom stereocenters. The summed E-state index contributed by atoms with van der Waals surface area (Å²) < 4.78 is 21.1. The molecular formula is C12H27NO4S. The van der Waals surface area contributed by atoms with Gasteiger partial charge in [0.2, 0.25) is 0 Å². The minimum Gasteiger partial charge on any atom is -0.378 e. The molecule has 6 heteroatoms. The van der Waals surface area contributed by atoms with Gasteiger partial charge >= 0.3 is 0 Å². The van der Waals surface area contributed by atoms with Crippen molar-refractivity contribution in [2.75, 3.05) is 65.6 Å². The largest absolute Gasteiger partial charge is 0.378 e. The van der Waals surface area contributed by atoms with E-state index in [4.69, 9.17) is 18.4 Å². The van der Waals surface area contributed by atoms with Crippen LogP contribution in [0.1, 0.15) is 13.3 Å². The lowest BCUT2D eigenvalue weighted by Crippen LogP contribution is -2.21. The van der Waals surface area contributed by atoms with Gasteiger partial charge in [0.15, 0.2) is 0 Å². The first-order chi connectivity index (χ1) is 8.91. The van der Waals surface area contributed by atoms with E-state index in [1.54, 1.807) is 0 Å². The number of hydrogen-bond donors (Lipinski definition) is 1. The van der Waals surface area contributed by atoms with Crippen LogP contribution in [0.25, 0.3) is 0 Å². The fourth-order valence-corrected chi connectivity index (χ4v) is 1.40. The number of rotatable bonds is 15. The van der Waals surface area contributed by atoms with Crippen LogP contribution in [0.4, 0.5) is 0 Å². The van der Waals surface area contributed by atoms with Crippen molar-refractivity contribution in [1.29, 1.82) is 0 Å². The van der Waals surface area contributed by atoms with Crippen molar-refractivity contribution in [3.8, 4) is 0 Å². The quantitative estimate of drug-likeness (QED) is 0.361. The first kappa shape index (κ1) is 18.1. The summed E-state index contributed by atoms with van der Waals surface area (Å²) >= 11 is 1.35. The maximum Gasteiger partial charge on any atom is 0.0847 e. The molecule has 0 aliphatic heterocycles. The molecule has 18 heavy (non-hydrogen) atoms. The van der Waals surface area contributed by atoms with Gasteiger partial charge in [-0.05, 0) is 25.0 Å². The van der Waals surface area contributed by atoms with Crippen LogP contribution in [-0.2, 0) is 18.4 Å². The molecule has 0 saturated carbocycles. The summed E-state index contributed by atoms with van der Waals surface area (Å²) in [4.78, 5) is 0. The number of ether oxygens (including phenoxy) is 3. The molecule has 1 N–H and O–H groups in total. The SMILES string of the molecule is CCCNCCOCCOCCOCCOSC. The molecule has 0 aromatic rings. The smallest absolute Gasteiger partial charge is 0.0847 e. The van der Waals surface area contributed by atoms with Crippen LogP contribution in [0.5, 0.6) is 0 Å². The molecule has 0 rings (SSSR count). The van der Waals surface area contributed by atoms with Gasteiger partial charge in [-0.15, -0.1) is 0 Å². The van der Waals surface area contributed by atoms with E-state index in [0.29, 0.717) is 39.6 Å². The number of nitrogens with one attached hydrogen (secondary N) is 1. The van der Waals surface area contributed by atoms with E-state index >= 15 is 0 Å². The lowest BCUT2D eigenvalue weighted by atomic mass is 10.5. The second kappa shape index (κ2) is 17.2. The molecule has 0 heterocycles. The average Bonchev–Trinajstić information content (AvgIpc) is 2.39. The molecule has 0 aromatic carbocycles. The maximum absolute atomic E-state index is 5.39. The molecule has 0 unspecified atom stereocenters. The fourth-order valence-electron chi connectivity index (χ4n) is 1.16. The Labute approximate surface area is 115 Å². The minimum atomic E-state index is 0.607. The van der Waals surface area contributed by atoms with Crippen LogP contribution < -0.4 is 5.32 Å². The molecule has 0 saturated heterocycles. The van der Waals surface area contributed by atoms with Crippen LogP contribution in [0.3, 0.4) is 0 Å². The van der Waals surface area contributed by atoms with Gasteiger partial charge in [0.05, 0.1) is 46.2 Å². The van der Waals surface area contributed by atoms with Gasteiger partial charge in [0.1, 0.15) is 0 Å². The van der Waals surface area contributed by atoms with E-state index in [9.17, 15) is 0 Å². The zero-order valence-electron chi connectivity index (χ0n) is 11.6. The van der Waals surface area contributed by atoms with Crippen molar-refractivity contribution in [2.24, 2.45) is 0 Å². The van der Waals surface area contributed by atoms with Crippen molar-refractivity contribution >= 4 is 12.0 Å². The number of hydrogen-bond acceptors (Lipinski definition) is 6. The zero-order chi connectivity index (χ0) is 13.3. The molecule has 0 radical (unpaired) electrons. The fraction of sp³-hybridized carbons (Fsp3) is 1.00. The Kier molecular flexibility index (Phi) is 17.3. The first-order valence-electron chi connectivity index (χ1n) is 6.51. The molecule has 0 aromatic heterocycles. The van der Waals surface area contributed by atoms with E-state index < -0.39 is 0 Å². The van der Waals surface area contributed by atoms with E-state index in [-0.39, 0.29) is 0 Å². The highest BCUT2D eigenvalue weighted by Crippen LogP contribution is 1.92. The van der Waals surface area contributed by atoms with Crippen molar-refractivity contribution in [3.05, 3.63) is 0 Å². The van der Waals surface area contributed by atoms with Crippen molar-refractivity contribution in [3.63, 3.8) is 0 Å². The second-order valence-electron chi connectivity index (χ2n) is 3.58. The lowest BCUT2D eigenvalue weighted by molar-refractivity contribution is 0.0109. The normalized spacial score (nSPS) is 11.0. The van der Waals surface area contributed by atoms with E-state index in [1.165, 1.54) is 12.0 Å². The predicted octanol–water partition coefficient (Wildman–Crippen LogP) is 1.33. The highest BCUT2D eigenvalue weighted by Gasteiger charge is 1.92. The third-order valence-electron chi connectivity index (χ3n) is 2.02. The molecule has 110 valence electrons. The molecule has 0 aliphatic carbocycles. The first-order valence-corrected chi connectivity index (χ1v) is 7.66. The van der Waals surface area contributed by atoms with Gasteiger partial charge in [0, 0.05) is 12.8 Å². The summed E-state index contributed by atoms with van der Waals surface area (Å²) in [5.41, 5.74) is 0. The Morgan fingerprint density at radius 2 is 1.33 bits per heavy atom. The average molecular weight is 281 g/mol. The molecular weight excluding hydrogens is 254 g/mol. The van der Waals surface area contributed by atoms with Crippen LogP contribution >= 0.6 is 12.0 Å². The van der Waals surface area contributed by atoms with Crippen LogP contribution in [-0.4, -0.2) is 65.6 Å². The van der Waals surface area contributed by atoms with E-state index in [2.05, 4.69) is 12.2 Å². The summed E-state index contributed by atoms with van der Waals surface area (Å²) in [5.74, 6) is 0. The predicted molar refractivity (Wildman–Crippen MR) is 75.1 cm³/mol. The third-order valence-corrected chi connectivity index (χ3v) is 2.43. The van der Waals surface area contributed by atoms with Gasteiger partial charge in [-0.2, -0.15) is 0 Å². The summed E-state index contributed by atoms with van der Waals surface area (Å²) in [6.45, 7) is 8.57. The highest BCUT2D eigenvalue weighted by atomic mass is 32.2. The maximum atomic E-state index is 5.39. The molecule has 0 aliphatic rings. The van der Waals surface area contributed by atoms with E-state index in [0.717, 1.165) is 26.1 Å². The van der Waals surface area contributed by atoms with Gasteiger partial charge < -0.3 is 23.7 Å². The molecule has 0 amide bonds. The molecule has 0 spiro atoms. The Hall–Kier alpha value is 0.150. The van der Waals surface area contributed by atoms with Crippen LogP contribution in [0.2, 0.25) is 0 Å². The van der Waals surface area contributed by atoms with Gasteiger partial charge in [-0.3, -0.25) is 0 Å².